The van der Waals surface area contributed by atoms with E-state index in [0.29, 0.717) is 12.3 Å². The van der Waals surface area contributed by atoms with Crippen molar-refractivity contribution < 1.29 is 9.90 Å². The summed E-state index contributed by atoms with van der Waals surface area (Å²) in [5.74, 6) is 0.564. The number of hydrogen-bond donors (Lipinski definition) is 1. The number of aliphatic hydroxyl groups is 1. The minimum Gasteiger partial charge on any atom is -0.387 e. The first-order valence-electron chi connectivity index (χ1n) is 7.36. The Balaban J connectivity index is 1.81. The highest BCUT2D eigenvalue weighted by Gasteiger charge is 2.34. The molecule has 1 heterocycles. The summed E-state index contributed by atoms with van der Waals surface area (Å²) < 4.78 is 0. The quantitative estimate of drug-likeness (QED) is 0.941. The second-order valence-corrected chi connectivity index (χ2v) is 6.56. The van der Waals surface area contributed by atoms with Gasteiger partial charge < -0.3 is 10.0 Å². The van der Waals surface area contributed by atoms with Gasteiger partial charge in [-0.1, -0.05) is 54.6 Å². The molecule has 1 fully saturated rings. The molecule has 2 atom stereocenters. The van der Waals surface area contributed by atoms with E-state index in [1.165, 1.54) is 5.56 Å². The topological polar surface area (TPSA) is 40.5 Å². The van der Waals surface area contributed by atoms with Crippen LogP contribution in [0.15, 0.2) is 54.6 Å². The first-order chi connectivity index (χ1) is 10.7. The monoisotopic (exact) mass is 313 g/mol. The predicted molar refractivity (Wildman–Crippen MR) is 89.5 cm³/mol. The van der Waals surface area contributed by atoms with Gasteiger partial charge in [-0.25, -0.2) is 0 Å². The van der Waals surface area contributed by atoms with Crippen LogP contribution in [0.3, 0.4) is 0 Å². The Morgan fingerprint density at radius 1 is 1.18 bits per heavy atom. The number of hydrogen-bond acceptors (Lipinski definition) is 3. The molecule has 1 amide bonds. The first kappa shape index (κ1) is 15.1. The molecule has 0 aliphatic carbocycles. The zero-order chi connectivity index (χ0) is 15.5. The fourth-order valence-corrected chi connectivity index (χ4v) is 4.03. The number of aryl methyl sites for hydroxylation is 1. The van der Waals surface area contributed by atoms with Crippen LogP contribution in [0, 0.1) is 6.92 Å². The van der Waals surface area contributed by atoms with Gasteiger partial charge >= 0.3 is 0 Å². The molecule has 0 saturated carbocycles. The lowest BCUT2D eigenvalue weighted by molar-refractivity contribution is -0.129. The summed E-state index contributed by atoms with van der Waals surface area (Å²) in [6, 6.07) is 17.6. The fraction of sp³-hybridized carbons (Fsp3) is 0.278. The normalized spacial score (nSPS) is 19.5. The average Bonchev–Trinajstić information content (AvgIpc) is 2.90. The summed E-state index contributed by atoms with van der Waals surface area (Å²) in [5.41, 5.74) is 3.17. The molecule has 22 heavy (non-hydrogen) atoms. The molecule has 2 aromatic rings. The lowest BCUT2D eigenvalue weighted by Gasteiger charge is -2.27. The van der Waals surface area contributed by atoms with Gasteiger partial charge in [-0.3, -0.25) is 4.79 Å². The smallest absolute Gasteiger partial charge is 0.233 e. The van der Waals surface area contributed by atoms with E-state index in [0.717, 1.165) is 11.1 Å². The number of benzene rings is 2. The summed E-state index contributed by atoms with van der Waals surface area (Å²) in [7, 11) is 0. The lowest BCUT2D eigenvalue weighted by Crippen LogP contribution is -2.32. The lowest BCUT2D eigenvalue weighted by atomic mass is 10.1. The van der Waals surface area contributed by atoms with Gasteiger partial charge in [0.2, 0.25) is 5.91 Å². The van der Waals surface area contributed by atoms with E-state index < -0.39 is 6.10 Å². The number of nitrogens with zero attached hydrogens (tertiary/aromatic N) is 1. The SMILES string of the molecule is Cc1ccccc1[C@H]1SCC(=O)N1C[C@H](O)c1ccccc1. The number of rotatable bonds is 4. The number of β-amino-alcohol motifs (C(OH)–C–C–N with tert-alkyl or cyclic N) is 1. The van der Waals surface area contributed by atoms with Crippen molar-refractivity contribution in [3.05, 3.63) is 71.3 Å². The van der Waals surface area contributed by atoms with E-state index in [-0.39, 0.29) is 11.3 Å². The molecule has 1 aliphatic heterocycles. The molecule has 1 saturated heterocycles. The third kappa shape index (κ3) is 3.03. The van der Waals surface area contributed by atoms with Gasteiger partial charge in [0.15, 0.2) is 0 Å². The average molecular weight is 313 g/mol. The largest absolute Gasteiger partial charge is 0.387 e. The van der Waals surface area contributed by atoms with Crippen LogP contribution in [0.5, 0.6) is 0 Å². The van der Waals surface area contributed by atoms with E-state index >= 15 is 0 Å². The molecule has 0 spiro atoms. The molecule has 0 bridgehead atoms. The van der Waals surface area contributed by atoms with Crippen LogP contribution in [-0.2, 0) is 4.79 Å². The highest BCUT2D eigenvalue weighted by Crippen LogP contribution is 2.40. The maximum absolute atomic E-state index is 12.2. The van der Waals surface area contributed by atoms with E-state index in [1.807, 2.05) is 42.5 Å². The molecule has 114 valence electrons. The third-order valence-electron chi connectivity index (χ3n) is 3.98. The van der Waals surface area contributed by atoms with Gasteiger partial charge in [0, 0.05) is 0 Å². The Kier molecular flexibility index (Phi) is 4.50. The molecule has 1 aliphatic rings. The number of carbonyl (C=O) groups excluding carboxylic acids is 1. The Bertz CT molecular complexity index is 659. The zero-order valence-electron chi connectivity index (χ0n) is 12.5. The molecule has 2 aromatic carbocycles. The van der Waals surface area contributed by atoms with Crippen molar-refractivity contribution in [1.82, 2.24) is 4.90 Å². The number of thioether (sulfide) groups is 1. The summed E-state index contributed by atoms with van der Waals surface area (Å²) in [6.45, 7) is 2.39. The first-order valence-corrected chi connectivity index (χ1v) is 8.41. The van der Waals surface area contributed by atoms with Gasteiger partial charge in [-0.05, 0) is 23.6 Å². The second kappa shape index (κ2) is 6.55. The van der Waals surface area contributed by atoms with Gasteiger partial charge in [0.25, 0.3) is 0 Å². The van der Waals surface area contributed by atoms with Crippen molar-refractivity contribution in [3.63, 3.8) is 0 Å². The number of aliphatic hydroxyl groups excluding tert-OH is 1. The summed E-state index contributed by atoms with van der Waals surface area (Å²) >= 11 is 1.63. The zero-order valence-corrected chi connectivity index (χ0v) is 13.3. The van der Waals surface area contributed by atoms with Crippen LogP contribution < -0.4 is 0 Å². The molecule has 3 rings (SSSR count). The van der Waals surface area contributed by atoms with Crippen molar-refractivity contribution in [2.75, 3.05) is 12.3 Å². The highest BCUT2D eigenvalue weighted by molar-refractivity contribution is 8.00. The minimum absolute atomic E-state index is 0.00735. The van der Waals surface area contributed by atoms with E-state index in [1.54, 1.807) is 16.7 Å². The maximum atomic E-state index is 12.2. The fourth-order valence-electron chi connectivity index (χ4n) is 2.74. The molecule has 0 unspecified atom stereocenters. The predicted octanol–water partition coefficient (Wildman–Crippen LogP) is 3.30. The maximum Gasteiger partial charge on any atom is 0.233 e. The van der Waals surface area contributed by atoms with Crippen LogP contribution in [0.25, 0.3) is 0 Å². The Morgan fingerprint density at radius 2 is 1.86 bits per heavy atom. The Labute approximate surface area is 135 Å². The van der Waals surface area contributed by atoms with Crippen molar-refractivity contribution in [1.29, 1.82) is 0 Å². The van der Waals surface area contributed by atoms with Crippen LogP contribution in [0.2, 0.25) is 0 Å². The van der Waals surface area contributed by atoms with Crippen LogP contribution >= 0.6 is 11.8 Å². The highest BCUT2D eigenvalue weighted by atomic mass is 32.2. The van der Waals surface area contributed by atoms with Crippen molar-refractivity contribution in [3.8, 4) is 0 Å². The van der Waals surface area contributed by atoms with Crippen molar-refractivity contribution >= 4 is 17.7 Å². The molecule has 1 N–H and O–H groups in total. The van der Waals surface area contributed by atoms with E-state index in [4.69, 9.17) is 0 Å². The van der Waals surface area contributed by atoms with Crippen LogP contribution in [0.4, 0.5) is 0 Å². The molecule has 3 nitrogen and oxygen atoms in total. The Morgan fingerprint density at radius 3 is 2.59 bits per heavy atom. The molecule has 0 aromatic heterocycles. The van der Waals surface area contributed by atoms with Crippen LogP contribution in [-0.4, -0.2) is 28.2 Å². The number of carbonyl (C=O) groups is 1. The van der Waals surface area contributed by atoms with Crippen molar-refractivity contribution in [2.24, 2.45) is 0 Å². The minimum atomic E-state index is -0.657. The molecule has 0 radical (unpaired) electrons. The third-order valence-corrected chi connectivity index (χ3v) is 5.21. The molecule has 4 heteroatoms. The molecular weight excluding hydrogens is 294 g/mol. The summed E-state index contributed by atoms with van der Waals surface area (Å²) in [4.78, 5) is 14.0. The van der Waals surface area contributed by atoms with Gasteiger partial charge in [0.1, 0.15) is 5.37 Å². The van der Waals surface area contributed by atoms with Crippen molar-refractivity contribution in [2.45, 2.75) is 18.4 Å². The summed E-state index contributed by atoms with van der Waals surface area (Å²) in [5, 5.41) is 10.4. The Hall–Kier alpha value is -1.78. The van der Waals surface area contributed by atoms with Gasteiger partial charge in [-0.15, -0.1) is 11.8 Å². The molecular formula is C18H19NO2S. The van der Waals surface area contributed by atoms with Gasteiger partial charge in [-0.2, -0.15) is 0 Å². The van der Waals surface area contributed by atoms with E-state index in [2.05, 4.69) is 19.1 Å². The van der Waals surface area contributed by atoms with E-state index in [9.17, 15) is 9.90 Å². The standard InChI is InChI=1S/C18H19NO2S/c1-13-7-5-6-10-15(13)18-19(17(21)12-22-18)11-16(20)14-8-3-2-4-9-14/h2-10,16,18,20H,11-12H2,1H3/t16-,18+/m0/s1. The van der Waals surface area contributed by atoms with Gasteiger partial charge in [0.05, 0.1) is 18.4 Å². The second-order valence-electron chi connectivity index (χ2n) is 5.49. The summed E-state index contributed by atoms with van der Waals surface area (Å²) in [6.07, 6.45) is -0.657. The number of amides is 1. The van der Waals surface area contributed by atoms with Crippen LogP contribution in [0.1, 0.15) is 28.2 Å².